The second kappa shape index (κ2) is 7.01. The molecular weight excluding hydrogens is 298 g/mol. The Balaban J connectivity index is 1.68. The molecule has 120 valence electrons. The molecule has 1 N–H and O–H groups in total. The van der Waals surface area contributed by atoms with Gasteiger partial charge in [0.2, 0.25) is 0 Å². The van der Waals surface area contributed by atoms with Crippen LogP contribution in [-0.2, 0) is 0 Å². The number of aryl methyl sites for hydroxylation is 2. The third kappa shape index (κ3) is 3.82. The zero-order valence-corrected chi connectivity index (χ0v) is 13.7. The van der Waals surface area contributed by atoms with E-state index in [-0.39, 0.29) is 5.91 Å². The van der Waals surface area contributed by atoms with Gasteiger partial charge in [-0.25, -0.2) is 0 Å². The third-order valence-electron chi connectivity index (χ3n) is 3.86. The van der Waals surface area contributed by atoms with Crippen molar-refractivity contribution in [3.05, 3.63) is 89.5 Å². The summed E-state index contributed by atoms with van der Waals surface area (Å²) >= 11 is 0. The first-order valence-electron chi connectivity index (χ1n) is 7.83. The molecule has 0 unspecified atom stereocenters. The summed E-state index contributed by atoms with van der Waals surface area (Å²) in [5, 5.41) is 2.92. The Hall–Kier alpha value is -3.07. The highest BCUT2D eigenvalue weighted by Gasteiger charge is 2.07. The average molecular weight is 317 g/mol. The van der Waals surface area contributed by atoms with Crippen LogP contribution in [0.4, 0.5) is 5.69 Å². The normalized spacial score (nSPS) is 10.2. The van der Waals surface area contributed by atoms with Gasteiger partial charge in [0, 0.05) is 11.3 Å². The zero-order valence-electron chi connectivity index (χ0n) is 13.7. The summed E-state index contributed by atoms with van der Waals surface area (Å²) < 4.78 is 5.73. The van der Waals surface area contributed by atoms with Crippen LogP contribution in [0.5, 0.6) is 11.5 Å². The van der Waals surface area contributed by atoms with Gasteiger partial charge in [-0.2, -0.15) is 0 Å². The van der Waals surface area contributed by atoms with Crippen molar-refractivity contribution in [1.82, 2.24) is 0 Å². The molecule has 0 atom stereocenters. The Morgan fingerprint density at radius 1 is 0.792 bits per heavy atom. The SMILES string of the molecule is Cc1ccc(NC(=O)c2ccc(Oc3ccccc3)cc2)cc1C. The van der Waals surface area contributed by atoms with E-state index in [4.69, 9.17) is 4.74 Å². The van der Waals surface area contributed by atoms with Crippen molar-refractivity contribution < 1.29 is 9.53 Å². The molecule has 0 heterocycles. The van der Waals surface area contributed by atoms with Crippen molar-refractivity contribution in [2.75, 3.05) is 5.32 Å². The van der Waals surface area contributed by atoms with E-state index in [0.29, 0.717) is 11.3 Å². The molecule has 24 heavy (non-hydrogen) atoms. The van der Waals surface area contributed by atoms with Crippen molar-refractivity contribution >= 4 is 11.6 Å². The molecular formula is C21H19NO2. The van der Waals surface area contributed by atoms with Crippen LogP contribution in [0.15, 0.2) is 72.8 Å². The molecule has 0 saturated carbocycles. The van der Waals surface area contributed by atoms with E-state index >= 15 is 0 Å². The van der Waals surface area contributed by atoms with E-state index in [1.807, 2.05) is 62.4 Å². The lowest BCUT2D eigenvalue weighted by Gasteiger charge is -2.09. The van der Waals surface area contributed by atoms with Gasteiger partial charge < -0.3 is 10.1 Å². The first kappa shape index (κ1) is 15.8. The van der Waals surface area contributed by atoms with Crippen LogP contribution < -0.4 is 10.1 Å². The molecule has 3 rings (SSSR count). The van der Waals surface area contributed by atoms with Gasteiger partial charge in [0.25, 0.3) is 5.91 Å². The summed E-state index contributed by atoms with van der Waals surface area (Å²) in [4.78, 5) is 12.3. The monoisotopic (exact) mass is 317 g/mol. The quantitative estimate of drug-likeness (QED) is 0.704. The first-order valence-corrected chi connectivity index (χ1v) is 7.83. The van der Waals surface area contributed by atoms with Crippen molar-refractivity contribution in [2.45, 2.75) is 13.8 Å². The van der Waals surface area contributed by atoms with E-state index in [0.717, 1.165) is 17.0 Å². The topological polar surface area (TPSA) is 38.3 Å². The van der Waals surface area contributed by atoms with Gasteiger partial charge in [-0.05, 0) is 73.5 Å². The van der Waals surface area contributed by atoms with E-state index in [1.54, 1.807) is 24.3 Å². The molecule has 1 amide bonds. The van der Waals surface area contributed by atoms with Gasteiger partial charge in [0.05, 0.1) is 0 Å². The minimum Gasteiger partial charge on any atom is -0.457 e. The number of ether oxygens (including phenoxy) is 1. The maximum absolute atomic E-state index is 12.3. The number of carbonyl (C=O) groups excluding carboxylic acids is 1. The van der Waals surface area contributed by atoms with Gasteiger partial charge in [-0.1, -0.05) is 24.3 Å². The van der Waals surface area contributed by atoms with Crippen LogP contribution in [0.3, 0.4) is 0 Å². The van der Waals surface area contributed by atoms with E-state index in [1.165, 1.54) is 5.56 Å². The second-order valence-electron chi connectivity index (χ2n) is 5.69. The van der Waals surface area contributed by atoms with Crippen LogP contribution >= 0.6 is 0 Å². The fraction of sp³-hybridized carbons (Fsp3) is 0.0952. The van der Waals surface area contributed by atoms with Crippen LogP contribution in [0.1, 0.15) is 21.5 Å². The van der Waals surface area contributed by atoms with E-state index in [2.05, 4.69) is 5.32 Å². The van der Waals surface area contributed by atoms with Crippen molar-refractivity contribution in [3.63, 3.8) is 0 Å². The number of anilines is 1. The van der Waals surface area contributed by atoms with Crippen LogP contribution in [0.25, 0.3) is 0 Å². The average Bonchev–Trinajstić information content (AvgIpc) is 2.60. The Morgan fingerprint density at radius 3 is 2.12 bits per heavy atom. The number of amides is 1. The van der Waals surface area contributed by atoms with E-state index in [9.17, 15) is 4.79 Å². The Bertz CT molecular complexity index is 839. The van der Waals surface area contributed by atoms with Gasteiger partial charge in [-0.15, -0.1) is 0 Å². The van der Waals surface area contributed by atoms with Gasteiger partial charge in [0.15, 0.2) is 0 Å². The van der Waals surface area contributed by atoms with Crippen molar-refractivity contribution in [1.29, 1.82) is 0 Å². The summed E-state index contributed by atoms with van der Waals surface area (Å²) in [6, 6.07) is 22.5. The van der Waals surface area contributed by atoms with E-state index < -0.39 is 0 Å². The van der Waals surface area contributed by atoms with Crippen LogP contribution in [-0.4, -0.2) is 5.91 Å². The highest BCUT2D eigenvalue weighted by Crippen LogP contribution is 2.22. The highest BCUT2D eigenvalue weighted by molar-refractivity contribution is 6.04. The van der Waals surface area contributed by atoms with Gasteiger partial charge >= 0.3 is 0 Å². The largest absolute Gasteiger partial charge is 0.457 e. The minimum absolute atomic E-state index is 0.135. The highest BCUT2D eigenvalue weighted by atomic mass is 16.5. The number of para-hydroxylation sites is 1. The summed E-state index contributed by atoms with van der Waals surface area (Å²) in [5.74, 6) is 1.33. The molecule has 3 nitrogen and oxygen atoms in total. The molecule has 0 radical (unpaired) electrons. The molecule has 0 aromatic heterocycles. The lowest BCUT2D eigenvalue weighted by molar-refractivity contribution is 0.102. The third-order valence-corrected chi connectivity index (χ3v) is 3.86. The number of carbonyl (C=O) groups is 1. The van der Waals surface area contributed by atoms with Crippen LogP contribution in [0.2, 0.25) is 0 Å². The molecule has 0 bridgehead atoms. The Morgan fingerprint density at radius 2 is 1.46 bits per heavy atom. The van der Waals surface area contributed by atoms with Gasteiger partial charge in [-0.3, -0.25) is 4.79 Å². The lowest BCUT2D eigenvalue weighted by Crippen LogP contribution is -2.11. The summed E-state index contributed by atoms with van der Waals surface area (Å²) in [5.41, 5.74) is 3.75. The molecule has 0 aliphatic heterocycles. The molecule has 3 heteroatoms. The number of hydrogen-bond donors (Lipinski definition) is 1. The predicted molar refractivity (Wildman–Crippen MR) is 96.8 cm³/mol. The second-order valence-corrected chi connectivity index (χ2v) is 5.69. The lowest BCUT2D eigenvalue weighted by atomic mass is 10.1. The van der Waals surface area contributed by atoms with Crippen molar-refractivity contribution in [3.8, 4) is 11.5 Å². The maximum Gasteiger partial charge on any atom is 0.255 e. The predicted octanol–water partition coefficient (Wildman–Crippen LogP) is 5.35. The molecule has 0 fully saturated rings. The fourth-order valence-corrected chi connectivity index (χ4v) is 2.32. The molecule has 0 aliphatic carbocycles. The van der Waals surface area contributed by atoms with Crippen molar-refractivity contribution in [2.24, 2.45) is 0 Å². The number of hydrogen-bond acceptors (Lipinski definition) is 2. The molecule has 0 aliphatic rings. The number of benzene rings is 3. The van der Waals surface area contributed by atoms with Crippen LogP contribution in [0, 0.1) is 13.8 Å². The Labute approximate surface area is 141 Å². The first-order chi connectivity index (χ1) is 11.6. The summed E-state index contributed by atoms with van der Waals surface area (Å²) in [7, 11) is 0. The minimum atomic E-state index is -0.135. The summed E-state index contributed by atoms with van der Waals surface area (Å²) in [6.45, 7) is 4.08. The van der Waals surface area contributed by atoms with Gasteiger partial charge in [0.1, 0.15) is 11.5 Å². The maximum atomic E-state index is 12.3. The molecule has 3 aromatic rings. The molecule has 3 aromatic carbocycles. The fourth-order valence-electron chi connectivity index (χ4n) is 2.32. The zero-order chi connectivity index (χ0) is 16.9. The standard InChI is InChI=1S/C21H19NO2/c1-15-8-11-18(14-16(15)2)22-21(23)17-9-12-20(13-10-17)24-19-6-4-3-5-7-19/h3-14H,1-2H3,(H,22,23). The smallest absolute Gasteiger partial charge is 0.255 e. The number of rotatable bonds is 4. The molecule has 0 spiro atoms. The summed E-state index contributed by atoms with van der Waals surface area (Å²) in [6.07, 6.45) is 0. The molecule has 0 saturated heterocycles. The Kier molecular flexibility index (Phi) is 4.62. The number of nitrogens with one attached hydrogen (secondary N) is 1.